The first kappa shape index (κ1) is 19.8. The Bertz CT molecular complexity index is 793. The molecule has 2 fully saturated rings. The molecule has 3 rings (SSSR count). The Hall–Kier alpha value is -2.97. The summed E-state index contributed by atoms with van der Waals surface area (Å²) in [5, 5.41) is 5.21. The second-order valence-electron chi connectivity index (χ2n) is 7.19. The highest BCUT2D eigenvalue weighted by molar-refractivity contribution is 6.08. The third-order valence-electron chi connectivity index (χ3n) is 5.00. The number of hydrogen-bond donors (Lipinski definition) is 2. The smallest absolute Gasteiger partial charge is 0.326 e. The summed E-state index contributed by atoms with van der Waals surface area (Å²) in [7, 11) is 0. The van der Waals surface area contributed by atoms with E-state index in [0.717, 1.165) is 23.3 Å². The minimum absolute atomic E-state index is 0.0943. The van der Waals surface area contributed by atoms with Crippen LogP contribution in [-0.2, 0) is 25.5 Å². The van der Waals surface area contributed by atoms with Gasteiger partial charge < -0.3 is 15.4 Å². The molecule has 28 heavy (non-hydrogen) atoms. The van der Waals surface area contributed by atoms with Crippen molar-refractivity contribution >= 4 is 23.8 Å². The third-order valence-corrected chi connectivity index (χ3v) is 5.00. The number of esters is 1. The number of hydrogen-bond acceptors (Lipinski definition) is 5. The monoisotopic (exact) mass is 391 g/mol. The molecule has 1 heterocycles. The van der Waals surface area contributed by atoms with E-state index in [1.807, 2.05) is 0 Å². The van der Waals surface area contributed by atoms with Crippen molar-refractivity contribution in [3.8, 4) is 0 Å². The van der Waals surface area contributed by atoms with Crippen LogP contribution in [0.1, 0.15) is 25.3 Å². The molecule has 2 N–H and O–H groups in total. The first-order valence-corrected chi connectivity index (χ1v) is 9.10. The maximum Gasteiger partial charge on any atom is 0.326 e. The summed E-state index contributed by atoms with van der Waals surface area (Å²) in [6, 6.07) is 5.29. The average Bonchev–Trinajstić information content (AvgIpc) is 3.48. The summed E-state index contributed by atoms with van der Waals surface area (Å²) < 4.78 is 17.7. The summed E-state index contributed by atoms with van der Waals surface area (Å²) >= 11 is 0. The molecule has 8 nitrogen and oxygen atoms in total. The molecule has 0 unspecified atom stereocenters. The number of imide groups is 1. The highest BCUT2D eigenvalue weighted by Crippen LogP contribution is 2.42. The lowest BCUT2D eigenvalue weighted by molar-refractivity contribution is -0.151. The van der Waals surface area contributed by atoms with Crippen LogP contribution in [0.4, 0.5) is 9.18 Å². The Morgan fingerprint density at radius 3 is 2.61 bits per heavy atom. The van der Waals surface area contributed by atoms with Gasteiger partial charge in [0.2, 0.25) is 0 Å². The van der Waals surface area contributed by atoms with E-state index >= 15 is 0 Å². The molecule has 4 amide bonds. The highest BCUT2D eigenvalue weighted by atomic mass is 19.1. The summed E-state index contributed by atoms with van der Waals surface area (Å²) in [5.41, 5.74) is -0.106. The molecule has 1 saturated carbocycles. The van der Waals surface area contributed by atoms with Gasteiger partial charge >= 0.3 is 12.0 Å². The van der Waals surface area contributed by atoms with Crippen molar-refractivity contribution in [2.45, 2.75) is 31.7 Å². The van der Waals surface area contributed by atoms with E-state index in [9.17, 15) is 23.6 Å². The van der Waals surface area contributed by atoms with Crippen LogP contribution in [0.25, 0.3) is 0 Å². The molecule has 1 saturated heterocycles. The highest BCUT2D eigenvalue weighted by Gasteiger charge is 2.56. The van der Waals surface area contributed by atoms with Crippen LogP contribution in [0.2, 0.25) is 0 Å². The first-order chi connectivity index (χ1) is 13.3. The average molecular weight is 391 g/mol. The van der Waals surface area contributed by atoms with Crippen LogP contribution in [-0.4, -0.2) is 54.0 Å². The van der Waals surface area contributed by atoms with Gasteiger partial charge in [0.15, 0.2) is 6.61 Å². The Labute approximate surface area is 161 Å². The van der Waals surface area contributed by atoms with Crippen LogP contribution < -0.4 is 10.6 Å². The van der Waals surface area contributed by atoms with Crippen LogP contribution in [0, 0.1) is 11.7 Å². The number of rotatable bonds is 8. The van der Waals surface area contributed by atoms with Crippen LogP contribution >= 0.6 is 0 Å². The lowest BCUT2D eigenvalue weighted by Crippen LogP contribution is -2.46. The molecule has 150 valence electrons. The molecule has 2 aliphatic rings. The van der Waals surface area contributed by atoms with Crippen molar-refractivity contribution in [2.24, 2.45) is 5.92 Å². The van der Waals surface area contributed by atoms with Crippen molar-refractivity contribution < 1.29 is 28.3 Å². The number of benzene rings is 1. The molecule has 0 spiro atoms. The van der Waals surface area contributed by atoms with Gasteiger partial charge in [0.1, 0.15) is 17.9 Å². The SMILES string of the molecule is C[C@]1(C2CC2)NC(=O)N(CC(=O)OCC(=O)NCCc2ccc(F)cc2)C1=O. The fourth-order valence-corrected chi connectivity index (χ4v) is 3.17. The number of nitrogens with zero attached hydrogens (tertiary/aromatic N) is 1. The molecule has 1 aromatic rings. The van der Waals surface area contributed by atoms with Crippen LogP contribution in [0.5, 0.6) is 0 Å². The van der Waals surface area contributed by atoms with Gasteiger partial charge in [-0.15, -0.1) is 0 Å². The second kappa shape index (κ2) is 7.95. The zero-order valence-electron chi connectivity index (χ0n) is 15.5. The van der Waals surface area contributed by atoms with E-state index in [2.05, 4.69) is 10.6 Å². The largest absolute Gasteiger partial charge is 0.454 e. The summed E-state index contributed by atoms with van der Waals surface area (Å²) in [6.45, 7) is 0.918. The number of urea groups is 1. The maximum atomic E-state index is 12.8. The van der Waals surface area contributed by atoms with Gasteiger partial charge in [0.25, 0.3) is 11.8 Å². The van der Waals surface area contributed by atoms with E-state index in [0.29, 0.717) is 13.0 Å². The minimum atomic E-state index is -0.963. The normalized spacial score (nSPS) is 21.4. The zero-order chi connectivity index (χ0) is 20.3. The number of ether oxygens (including phenoxy) is 1. The van der Waals surface area contributed by atoms with Crippen molar-refractivity contribution in [1.82, 2.24) is 15.5 Å². The molecule has 0 bridgehead atoms. The Morgan fingerprint density at radius 1 is 1.29 bits per heavy atom. The van der Waals surface area contributed by atoms with Gasteiger partial charge in [0.05, 0.1) is 0 Å². The molecule has 1 aromatic carbocycles. The Balaban J connectivity index is 1.38. The summed E-state index contributed by atoms with van der Waals surface area (Å²) in [6.07, 6.45) is 2.22. The molecule has 9 heteroatoms. The van der Waals surface area contributed by atoms with Gasteiger partial charge in [-0.2, -0.15) is 0 Å². The number of carbonyl (C=O) groups excluding carboxylic acids is 4. The number of carbonyl (C=O) groups is 4. The van der Waals surface area contributed by atoms with Gasteiger partial charge in [0, 0.05) is 6.54 Å². The predicted octanol–water partition coefficient (Wildman–Crippen LogP) is 0.748. The van der Waals surface area contributed by atoms with Crippen molar-refractivity contribution in [2.75, 3.05) is 19.7 Å². The topological polar surface area (TPSA) is 105 Å². The van der Waals surface area contributed by atoms with Crippen LogP contribution in [0.15, 0.2) is 24.3 Å². The fraction of sp³-hybridized carbons (Fsp3) is 0.474. The lowest BCUT2D eigenvalue weighted by Gasteiger charge is -2.20. The number of nitrogens with one attached hydrogen (secondary N) is 2. The summed E-state index contributed by atoms with van der Waals surface area (Å²) in [4.78, 5) is 48.9. The molecular formula is C19H22FN3O5. The lowest BCUT2D eigenvalue weighted by atomic mass is 9.96. The third kappa shape index (κ3) is 4.47. The van der Waals surface area contributed by atoms with E-state index in [1.165, 1.54) is 12.1 Å². The van der Waals surface area contributed by atoms with E-state index < -0.39 is 42.5 Å². The van der Waals surface area contributed by atoms with Gasteiger partial charge in [-0.1, -0.05) is 12.1 Å². The standard InChI is InChI=1S/C19H22FN3O5/c1-19(13-4-5-13)17(26)23(18(27)22-19)10-16(25)28-11-15(24)21-9-8-12-2-6-14(20)7-3-12/h2-3,6-7,13H,4-5,8-11H2,1H3,(H,21,24)(H,22,27)/t19-/m1/s1. The quantitative estimate of drug-likeness (QED) is 0.503. The Kier molecular flexibility index (Phi) is 5.62. The molecular weight excluding hydrogens is 369 g/mol. The fourth-order valence-electron chi connectivity index (χ4n) is 3.17. The van der Waals surface area contributed by atoms with E-state index in [4.69, 9.17) is 4.74 Å². The number of amides is 4. The minimum Gasteiger partial charge on any atom is -0.454 e. The van der Waals surface area contributed by atoms with Crippen molar-refractivity contribution in [1.29, 1.82) is 0 Å². The van der Waals surface area contributed by atoms with E-state index in [-0.39, 0.29) is 11.7 Å². The van der Waals surface area contributed by atoms with E-state index in [1.54, 1.807) is 19.1 Å². The van der Waals surface area contributed by atoms with Crippen LogP contribution in [0.3, 0.4) is 0 Å². The molecule has 0 radical (unpaired) electrons. The maximum absolute atomic E-state index is 12.8. The Morgan fingerprint density at radius 2 is 1.96 bits per heavy atom. The first-order valence-electron chi connectivity index (χ1n) is 9.10. The van der Waals surface area contributed by atoms with Crippen molar-refractivity contribution in [3.63, 3.8) is 0 Å². The predicted molar refractivity (Wildman–Crippen MR) is 95.4 cm³/mol. The van der Waals surface area contributed by atoms with Gasteiger partial charge in [-0.3, -0.25) is 19.3 Å². The number of halogens is 1. The summed E-state index contributed by atoms with van der Waals surface area (Å²) in [5.74, 6) is -2.02. The van der Waals surface area contributed by atoms with Crippen molar-refractivity contribution in [3.05, 3.63) is 35.6 Å². The van der Waals surface area contributed by atoms with Gasteiger partial charge in [-0.05, 0) is 49.8 Å². The second-order valence-corrected chi connectivity index (χ2v) is 7.19. The van der Waals surface area contributed by atoms with Gasteiger partial charge in [-0.25, -0.2) is 9.18 Å². The molecule has 1 aliphatic carbocycles. The molecule has 1 atom stereocenters. The molecule has 0 aromatic heterocycles. The zero-order valence-corrected chi connectivity index (χ0v) is 15.5. The molecule has 1 aliphatic heterocycles.